The third-order valence-corrected chi connectivity index (χ3v) is 2.57. The van der Waals surface area contributed by atoms with Crippen LogP contribution in [0.1, 0.15) is 5.69 Å². The van der Waals surface area contributed by atoms with Crippen LogP contribution in [-0.2, 0) is 0 Å². The molecule has 0 atom stereocenters. The monoisotopic (exact) mass is 314 g/mol. The SMILES string of the molecule is O/N=C\c1cc(-c2ccc(I)cc2)on1. The predicted molar refractivity (Wildman–Crippen MR) is 64.0 cm³/mol. The molecule has 1 aromatic heterocycles. The van der Waals surface area contributed by atoms with Crippen LogP contribution in [0.15, 0.2) is 40.0 Å². The average Bonchev–Trinajstić information content (AvgIpc) is 2.68. The first-order valence-electron chi connectivity index (χ1n) is 4.19. The average molecular weight is 314 g/mol. The summed E-state index contributed by atoms with van der Waals surface area (Å²) in [5.74, 6) is 0.654. The molecular weight excluding hydrogens is 307 g/mol. The number of benzene rings is 1. The lowest BCUT2D eigenvalue weighted by atomic mass is 10.2. The van der Waals surface area contributed by atoms with Gasteiger partial charge in [0.2, 0.25) is 0 Å². The smallest absolute Gasteiger partial charge is 0.167 e. The Hall–Kier alpha value is -1.37. The first-order valence-corrected chi connectivity index (χ1v) is 5.27. The molecule has 5 heteroatoms. The maximum atomic E-state index is 8.32. The van der Waals surface area contributed by atoms with E-state index in [1.165, 1.54) is 6.21 Å². The van der Waals surface area contributed by atoms with Crippen molar-refractivity contribution in [2.24, 2.45) is 5.16 Å². The van der Waals surface area contributed by atoms with Crippen molar-refractivity contribution in [2.45, 2.75) is 0 Å². The molecule has 0 saturated carbocycles. The van der Waals surface area contributed by atoms with E-state index in [0.29, 0.717) is 11.5 Å². The normalized spacial score (nSPS) is 11.0. The summed E-state index contributed by atoms with van der Waals surface area (Å²) < 4.78 is 6.25. The fraction of sp³-hybridized carbons (Fsp3) is 0. The number of rotatable bonds is 2. The van der Waals surface area contributed by atoms with Gasteiger partial charge in [0.15, 0.2) is 5.76 Å². The van der Waals surface area contributed by atoms with Crippen LogP contribution in [0, 0.1) is 3.57 Å². The number of halogens is 1. The molecule has 0 aliphatic carbocycles. The van der Waals surface area contributed by atoms with E-state index in [1.54, 1.807) is 6.07 Å². The molecule has 0 aliphatic rings. The molecule has 2 aromatic rings. The van der Waals surface area contributed by atoms with Crippen molar-refractivity contribution in [1.29, 1.82) is 0 Å². The highest BCUT2D eigenvalue weighted by Crippen LogP contribution is 2.20. The van der Waals surface area contributed by atoms with Gasteiger partial charge < -0.3 is 9.73 Å². The molecule has 0 aliphatic heterocycles. The van der Waals surface area contributed by atoms with Crippen molar-refractivity contribution in [3.05, 3.63) is 39.6 Å². The molecule has 15 heavy (non-hydrogen) atoms. The summed E-state index contributed by atoms with van der Waals surface area (Å²) in [6.07, 6.45) is 1.22. The van der Waals surface area contributed by atoms with Gasteiger partial charge in [0, 0.05) is 15.2 Å². The molecule has 0 spiro atoms. The molecule has 2 rings (SSSR count). The molecule has 0 unspecified atom stereocenters. The van der Waals surface area contributed by atoms with E-state index in [0.717, 1.165) is 9.13 Å². The van der Waals surface area contributed by atoms with Gasteiger partial charge in [0.25, 0.3) is 0 Å². The Morgan fingerprint density at radius 2 is 2.07 bits per heavy atom. The number of hydrogen-bond donors (Lipinski definition) is 1. The zero-order chi connectivity index (χ0) is 10.7. The van der Waals surface area contributed by atoms with Crippen molar-refractivity contribution < 1.29 is 9.73 Å². The lowest BCUT2D eigenvalue weighted by molar-refractivity contribution is 0.321. The van der Waals surface area contributed by atoms with Crippen LogP contribution >= 0.6 is 22.6 Å². The quantitative estimate of drug-likeness (QED) is 0.401. The summed E-state index contributed by atoms with van der Waals surface area (Å²) in [5.41, 5.74) is 1.44. The Morgan fingerprint density at radius 3 is 2.73 bits per heavy atom. The largest absolute Gasteiger partial charge is 0.411 e. The minimum Gasteiger partial charge on any atom is -0.411 e. The van der Waals surface area contributed by atoms with Crippen molar-refractivity contribution in [3.63, 3.8) is 0 Å². The zero-order valence-electron chi connectivity index (χ0n) is 7.59. The van der Waals surface area contributed by atoms with Crippen LogP contribution in [-0.4, -0.2) is 16.6 Å². The van der Waals surface area contributed by atoms with E-state index in [-0.39, 0.29) is 0 Å². The van der Waals surface area contributed by atoms with Crippen LogP contribution in [0.5, 0.6) is 0 Å². The molecule has 0 radical (unpaired) electrons. The van der Waals surface area contributed by atoms with Gasteiger partial charge in [-0.2, -0.15) is 0 Å². The highest BCUT2D eigenvalue weighted by Gasteiger charge is 2.04. The van der Waals surface area contributed by atoms with Crippen molar-refractivity contribution in [1.82, 2.24) is 5.16 Å². The maximum absolute atomic E-state index is 8.32. The molecule has 1 N–H and O–H groups in total. The Balaban J connectivity index is 2.33. The second-order valence-electron chi connectivity index (χ2n) is 2.87. The summed E-state index contributed by atoms with van der Waals surface area (Å²) in [5, 5.41) is 14.9. The third kappa shape index (κ3) is 2.35. The minimum absolute atomic E-state index is 0.492. The first kappa shape index (κ1) is 10.2. The molecular formula is C10H7IN2O2. The number of nitrogens with zero attached hydrogens (tertiary/aromatic N) is 2. The fourth-order valence-electron chi connectivity index (χ4n) is 1.16. The minimum atomic E-state index is 0.492. The number of hydrogen-bond acceptors (Lipinski definition) is 4. The van der Waals surface area contributed by atoms with Crippen LogP contribution in [0.2, 0.25) is 0 Å². The summed E-state index contributed by atoms with van der Waals surface area (Å²) >= 11 is 2.23. The molecule has 1 heterocycles. The van der Waals surface area contributed by atoms with Crippen LogP contribution < -0.4 is 0 Å². The summed E-state index contributed by atoms with van der Waals surface area (Å²) in [4.78, 5) is 0. The van der Waals surface area contributed by atoms with E-state index in [4.69, 9.17) is 9.73 Å². The van der Waals surface area contributed by atoms with Crippen molar-refractivity contribution in [2.75, 3.05) is 0 Å². The molecule has 4 nitrogen and oxygen atoms in total. The van der Waals surface area contributed by atoms with Gasteiger partial charge in [-0.25, -0.2) is 0 Å². The van der Waals surface area contributed by atoms with Gasteiger partial charge in [0.05, 0.1) is 6.21 Å². The second-order valence-corrected chi connectivity index (χ2v) is 4.11. The standard InChI is InChI=1S/C10H7IN2O2/c11-8-3-1-7(2-4-8)10-5-9(6-12-14)13-15-10/h1-6,14H/b12-6-. The summed E-state index contributed by atoms with van der Waals surface area (Å²) in [6, 6.07) is 9.57. The van der Waals surface area contributed by atoms with E-state index in [1.807, 2.05) is 24.3 Å². The molecule has 0 bridgehead atoms. The Bertz CT molecular complexity index is 476. The maximum Gasteiger partial charge on any atom is 0.167 e. The topological polar surface area (TPSA) is 58.6 Å². The van der Waals surface area contributed by atoms with E-state index in [9.17, 15) is 0 Å². The Kier molecular flexibility index (Phi) is 3.00. The van der Waals surface area contributed by atoms with Crippen molar-refractivity contribution >= 4 is 28.8 Å². The van der Waals surface area contributed by atoms with Gasteiger partial charge in [0.1, 0.15) is 5.69 Å². The van der Waals surface area contributed by atoms with Crippen LogP contribution in [0.4, 0.5) is 0 Å². The molecule has 0 amide bonds. The van der Waals surface area contributed by atoms with Gasteiger partial charge in [-0.15, -0.1) is 0 Å². The van der Waals surface area contributed by atoms with Gasteiger partial charge in [-0.05, 0) is 34.7 Å². The van der Waals surface area contributed by atoms with E-state index in [2.05, 4.69) is 32.9 Å². The Labute approximate surface area is 99.7 Å². The number of aromatic nitrogens is 1. The molecule has 76 valence electrons. The van der Waals surface area contributed by atoms with Gasteiger partial charge in [-0.1, -0.05) is 22.4 Å². The summed E-state index contributed by atoms with van der Waals surface area (Å²) in [7, 11) is 0. The zero-order valence-corrected chi connectivity index (χ0v) is 9.75. The van der Waals surface area contributed by atoms with E-state index >= 15 is 0 Å². The lowest BCUT2D eigenvalue weighted by Gasteiger charge is -1.94. The third-order valence-electron chi connectivity index (χ3n) is 1.85. The predicted octanol–water partition coefficient (Wildman–Crippen LogP) is 2.75. The molecule has 1 aromatic carbocycles. The highest BCUT2D eigenvalue weighted by atomic mass is 127. The molecule has 0 fully saturated rings. The Morgan fingerprint density at radius 1 is 1.33 bits per heavy atom. The van der Waals surface area contributed by atoms with Crippen LogP contribution in [0.3, 0.4) is 0 Å². The van der Waals surface area contributed by atoms with Crippen molar-refractivity contribution in [3.8, 4) is 11.3 Å². The van der Waals surface area contributed by atoms with Gasteiger partial charge in [-0.3, -0.25) is 0 Å². The molecule has 0 saturated heterocycles. The second kappa shape index (κ2) is 4.43. The number of oxime groups is 1. The van der Waals surface area contributed by atoms with E-state index < -0.39 is 0 Å². The lowest BCUT2D eigenvalue weighted by Crippen LogP contribution is -1.77. The summed E-state index contributed by atoms with van der Waals surface area (Å²) in [6.45, 7) is 0. The first-order chi connectivity index (χ1) is 7.29. The highest BCUT2D eigenvalue weighted by molar-refractivity contribution is 14.1. The van der Waals surface area contributed by atoms with Crippen LogP contribution in [0.25, 0.3) is 11.3 Å². The fourth-order valence-corrected chi connectivity index (χ4v) is 1.52. The van der Waals surface area contributed by atoms with Gasteiger partial charge >= 0.3 is 0 Å².